The number of nitrogens with one attached hydrogen (secondary N) is 1. The van der Waals surface area contributed by atoms with Gasteiger partial charge in [0, 0.05) is 18.9 Å². The van der Waals surface area contributed by atoms with Crippen LogP contribution in [0.3, 0.4) is 0 Å². The maximum Gasteiger partial charge on any atom is 0.0815 e. The number of nitrogens with zero attached hydrogens (tertiary/aromatic N) is 2. The fraction of sp³-hybridized carbons (Fsp3) is 0.400. The van der Waals surface area contributed by atoms with Crippen LogP contribution >= 0.6 is 0 Å². The van der Waals surface area contributed by atoms with Crippen molar-refractivity contribution in [3.8, 4) is 0 Å². The lowest BCUT2D eigenvalue weighted by Gasteiger charge is -2.19. The first kappa shape index (κ1) is 12.7. The summed E-state index contributed by atoms with van der Waals surface area (Å²) in [5.74, 6) is 0. The first-order valence-electron chi connectivity index (χ1n) is 6.28. The molecule has 1 aromatic heterocycles. The zero-order valence-corrected chi connectivity index (χ0v) is 11.6. The summed E-state index contributed by atoms with van der Waals surface area (Å²) in [6, 6.07) is 10.6. The molecule has 0 unspecified atom stereocenters. The lowest BCUT2D eigenvalue weighted by atomic mass is 9.87. The lowest BCUT2D eigenvalue weighted by molar-refractivity contribution is 0.590. The van der Waals surface area contributed by atoms with Crippen molar-refractivity contribution in [2.24, 2.45) is 7.05 Å². The maximum absolute atomic E-state index is 4.34. The Morgan fingerprint density at radius 1 is 1.11 bits per heavy atom. The normalized spacial score (nSPS) is 11.6. The second-order valence-electron chi connectivity index (χ2n) is 5.66. The Balaban J connectivity index is 1.98. The molecule has 0 radical (unpaired) electrons. The van der Waals surface area contributed by atoms with E-state index in [0.717, 1.165) is 17.9 Å². The molecule has 1 heterocycles. The van der Waals surface area contributed by atoms with Gasteiger partial charge in [0.15, 0.2) is 0 Å². The predicted molar refractivity (Wildman–Crippen MR) is 75.7 cm³/mol. The molecule has 0 aliphatic carbocycles. The molecule has 0 amide bonds. The minimum atomic E-state index is 0.208. The molecule has 3 nitrogen and oxygen atoms in total. The Hall–Kier alpha value is -1.77. The molecule has 1 N–H and O–H groups in total. The molecule has 0 bridgehead atoms. The minimum Gasteiger partial charge on any atom is -0.379 e. The van der Waals surface area contributed by atoms with Crippen LogP contribution in [0.5, 0.6) is 0 Å². The number of benzene rings is 1. The van der Waals surface area contributed by atoms with Crippen molar-refractivity contribution in [2.75, 3.05) is 5.32 Å². The molecule has 0 aliphatic rings. The first-order valence-corrected chi connectivity index (χ1v) is 6.28. The second kappa shape index (κ2) is 4.84. The Morgan fingerprint density at radius 2 is 1.78 bits per heavy atom. The van der Waals surface area contributed by atoms with Crippen LogP contribution in [0, 0.1) is 0 Å². The Morgan fingerprint density at radius 3 is 2.28 bits per heavy atom. The van der Waals surface area contributed by atoms with Crippen molar-refractivity contribution in [1.82, 2.24) is 9.78 Å². The molecule has 3 heteroatoms. The third-order valence-corrected chi connectivity index (χ3v) is 2.99. The second-order valence-corrected chi connectivity index (χ2v) is 5.66. The van der Waals surface area contributed by atoms with Crippen LogP contribution < -0.4 is 5.32 Å². The molecule has 0 atom stereocenters. The molecule has 0 saturated heterocycles. The van der Waals surface area contributed by atoms with Gasteiger partial charge in [-0.1, -0.05) is 32.9 Å². The molecule has 0 spiro atoms. The third-order valence-electron chi connectivity index (χ3n) is 2.99. The molecule has 0 fully saturated rings. The van der Waals surface area contributed by atoms with E-state index in [4.69, 9.17) is 0 Å². The van der Waals surface area contributed by atoms with Gasteiger partial charge in [0.05, 0.1) is 12.2 Å². The van der Waals surface area contributed by atoms with Crippen molar-refractivity contribution in [2.45, 2.75) is 32.7 Å². The summed E-state index contributed by atoms with van der Waals surface area (Å²) in [6.45, 7) is 7.44. The number of hydrogen-bond donors (Lipinski definition) is 1. The van der Waals surface area contributed by atoms with Gasteiger partial charge in [-0.2, -0.15) is 5.10 Å². The number of aromatic nitrogens is 2. The highest BCUT2D eigenvalue weighted by atomic mass is 15.3. The van der Waals surface area contributed by atoms with Crippen LogP contribution in [0.1, 0.15) is 32.0 Å². The highest BCUT2D eigenvalue weighted by Crippen LogP contribution is 2.23. The van der Waals surface area contributed by atoms with Gasteiger partial charge < -0.3 is 5.32 Å². The van der Waals surface area contributed by atoms with E-state index in [0.29, 0.717) is 0 Å². The Bertz CT molecular complexity index is 503. The van der Waals surface area contributed by atoms with Crippen molar-refractivity contribution in [1.29, 1.82) is 0 Å². The lowest BCUT2D eigenvalue weighted by Crippen LogP contribution is -2.10. The van der Waals surface area contributed by atoms with Gasteiger partial charge >= 0.3 is 0 Å². The zero-order valence-electron chi connectivity index (χ0n) is 11.6. The monoisotopic (exact) mass is 243 g/mol. The van der Waals surface area contributed by atoms with Gasteiger partial charge in [-0.25, -0.2) is 0 Å². The number of anilines is 1. The largest absolute Gasteiger partial charge is 0.379 e. The fourth-order valence-electron chi connectivity index (χ4n) is 1.84. The van der Waals surface area contributed by atoms with Crippen molar-refractivity contribution >= 4 is 5.69 Å². The quantitative estimate of drug-likeness (QED) is 0.896. The zero-order chi connectivity index (χ0) is 13.2. The van der Waals surface area contributed by atoms with E-state index in [1.54, 1.807) is 0 Å². The van der Waals surface area contributed by atoms with Crippen LogP contribution in [0.2, 0.25) is 0 Å². The third kappa shape index (κ3) is 3.13. The van der Waals surface area contributed by atoms with Crippen LogP contribution in [-0.4, -0.2) is 9.78 Å². The van der Waals surface area contributed by atoms with Gasteiger partial charge in [-0.3, -0.25) is 4.68 Å². The molecule has 18 heavy (non-hydrogen) atoms. The molecule has 0 aliphatic heterocycles. The predicted octanol–water partition coefficient (Wildman–Crippen LogP) is 3.33. The fourth-order valence-corrected chi connectivity index (χ4v) is 1.84. The molecule has 2 rings (SSSR count). The van der Waals surface area contributed by atoms with E-state index in [2.05, 4.69) is 55.5 Å². The van der Waals surface area contributed by atoms with Crippen LogP contribution in [0.15, 0.2) is 36.5 Å². The topological polar surface area (TPSA) is 29.9 Å². The summed E-state index contributed by atoms with van der Waals surface area (Å²) < 4.78 is 1.82. The van der Waals surface area contributed by atoms with E-state index in [-0.39, 0.29) is 5.41 Å². The van der Waals surface area contributed by atoms with Crippen molar-refractivity contribution in [3.63, 3.8) is 0 Å². The maximum atomic E-state index is 4.34. The minimum absolute atomic E-state index is 0.208. The molecule has 2 aromatic rings. The number of hydrogen-bond acceptors (Lipinski definition) is 2. The van der Waals surface area contributed by atoms with Crippen LogP contribution in [0.25, 0.3) is 0 Å². The van der Waals surface area contributed by atoms with Gasteiger partial charge in [0.1, 0.15) is 0 Å². The van der Waals surface area contributed by atoms with Crippen molar-refractivity contribution in [3.05, 3.63) is 47.8 Å². The van der Waals surface area contributed by atoms with Crippen molar-refractivity contribution < 1.29 is 0 Å². The molecular formula is C15H21N3. The van der Waals surface area contributed by atoms with E-state index in [1.165, 1.54) is 5.56 Å². The average molecular weight is 243 g/mol. The van der Waals surface area contributed by atoms with E-state index < -0.39 is 0 Å². The molecule has 1 aromatic carbocycles. The average Bonchev–Trinajstić information content (AvgIpc) is 2.72. The summed E-state index contributed by atoms with van der Waals surface area (Å²) in [5.41, 5.74) is 3.75. The Kier molecular flexibility index (Phi) is 3.41. The number of rotatable bonds is 3. The highest BCUT2D eigenvalue weighted by molar-refractivity contribution is 5.45. The van der Waals surface area contributed by atoms with Gasteiger partial charge in [-0.05, 0) is 29.2 Å². The number of aryl methyl sites for hydroxylation is 1. The van der Waals surface area contributed by atoms with Gasteiger partial charge in [-0.15, -0.1) is 0 Å². The Labute approximate surface area is 109 Å². The molecule has 96 valence electrons. The summed E-state index contributed by atoms with van der Waals surface area (Å²) in [5, 5.41) is 7.71. The van der Waals surface area contributed by atoms with Gasteiger partial charge in [0.25, 0.3) is 0 Å². The highest BCUT2D eigenvalue weighted by Gasteiger charge is 2.12. The van der Waals surface area contributed by atoms with E-state index >= 15 is 0 Å². The summed E-state index contributed by atoms with van der Waals surface area (Å²) >= 11 is 0. The summed E-state index contributed by atoms with van der Waals surface area (Å²) in [4.78, 5) is 0. The molecular weight excluding hydrogens is 222 g/mol. The standard InChI is InChI=1S/C15H21N3/c1-15(2,3)12-5-7-13(8-6-12)16-11-14-9-10-18(4)17-14/h5-10,16H,11H2,1-4H3. The summed E-state index contributed by atoms with van der Waals surface area (Å²) in [7, 11) is 1.93. The SMILES string of the molecule is Cn1ccc(CNc2ccc(C(C)(C)C)cc2)n1. The first-order chi connectivity index (χ1) is 8.45. The van der Waals surface area contributed by atoms with E-state index in [1.807, 2.05) is 24.0 Å². The van der Waals surface area contributed by atoms with E-state index in [9.17, 15) is 0 Å². The van der Waals surface area contributed by atoms with Crippen LogP contribution in [0.4, 0.5) is 5.69 Å². The van der Waals surface area contributed by atoms with Crippen LogP contribution in [-0.2, 0) is 19.0 Å². The van der Waals surface area contributed by atoms with Gasteiger partial charge in [0.2, 0.25) is 0 Å². The molecule has 0 saturated carbocycles. The summed E-state index contributed by atoms with van der Waals surface area (Å²) in [6.07, 6.45) is 1.96. The smallest absolute Gasteiger partial charge is 0.0815 e.